The Bertz CT molecular complexity index is 1300. The fourth-order valence-electron chi connectivity index (χ4n) is 4.35. The van der Waals surface area contributed by atoms with Gasteiger partial charge in [0.05, 0.1) is 11.3 Å². The molecule has 5 rings (SSSR count). The number of nitrogens with zero attached hydrogens (tertiary/aromatic N) is 1. The molecule has 0 fully saturated rings. The zero-order chi connectivity index (χ0) is 20.4. The summed E-state index contributed by atoms with van der Waals surface area (Å²) < 4.78 is 0. The molecule has 0 amide bonds. The lowest BCUT2D eigenvalue weighted by Crippen LogP contribution is -2.42. The molecule has 0 spiro atoms. The third-order valence-corrected chi connectivity index (χ3v) is 5.73. The summed E-state index contributed by atoms with van der Waals surface area (Å²) in [6.45, 7) is 0. The van der Waals surface area contributed by atoms with Crippen molar-refractivity contribution in [2.75, 3.05) is 0 Å². The van der Waals surface area contributed by atoms with Gasteiger partial charge in [-0.15, -0.1) is 17.2 Å². The van der Waals surface area contributed by atoms with Gasteiger partial charge in [-0.1, -0.05) is 54.3 Å². The molecule has 4 aliphatic rings. The van der Waals surface area contributed by atoms with Gasteiger partial charge in [0.2, 0.25) is 0 Å². The summed E-state index contributed by atoms with van der Waals surface area (Å²) in [7, 11) is 0. The Balaban J connectivity index is 1.70. The Hall–Kier alpha value is -3.81. The Kier molecular flexibility index (Phi) is 4.59. The molecule has 30 heavy (non-hydrogen) atoms. The highest BCUT2D eigenvalue weighted by atomic mass is 16.3. The molecule has 2 nitrogen and oxygen atoms in total. The molecule has 1 N–H and O–H groups in total. The van der Waals surface area contributed by atoms with Crippen molar-refractivity contribution in [2.24, 2.45) is 10.9 Å². The normalized spacial score (nSPS) is 22.3. The van der Waals surface area contributed by atoms with Crippen molar-refractivity contribution in [1.82, 2.24) is 0 Å². The van der Waals surface area contributed by atoms with Crippen LogP contribution in [0.25, 0.3) is 0 Å². The highest BCUT2D eigenvalue weighted by Gasteiger charge is 2.46. The first-order chi connectivity index (χ1) is 14.8. The summed E-state index contributed by atoms with van der Waals surface area (Å²) in [5.74, 6) is 6.00. The van der Waals surface area contributed by atoms with Crippen LogP contribution in [-0.2, 0) is 0 Å². The first-order valence-electron chi connectivity index (χ1n) is 10.0. The van der Waals surface area contributed by atoms with Crippen LogP contribution in [0.3, 0.4) is 0 Å². The maximum absolute atomic E-state index is 12.2. The van der Waals surface area contributed by atoms with E-state index in [-0.39, 0.29) is 11.8 Å². The lowest BCUT2D eigenvalue weighted by Gasteiger charge is -2.38. The molecule has 3 atom stereocenters. The highest BCUT2D eigenvalue weighted by molar-refractivity contribution is 5.71. The van der Waals surface area contributed by atoms with E-state index in [1.165, 1.54) is 0 Å². The van der Waals surface area contributed by atoms with Gasteiger partial charge >= 0.3 is 0 Å². The third kappa shape index (κ3) is 3.16. The summed E-state index contributed by atoms with van der Waals surface area (Å²) in [5, 5.41) is 12.2. The van der Waals surface area contributed by atoms with Crippen molar-refractivity contribution in [2.45, 2.75) is 17.9 Å². The fourth-order valence-corrected chi connectivity index (χ4v) is 4.35. The largest absolute Gasteiger partial charge is 0.372 e. The molecule has 1 heterocycles. The standard InChI is InChI=1S/C28H19NO/c30-28(23-13-5-6-14-23,19-17-21-9-1-2-10-21)27(22-11-3-4-12-22)25-18-20-29-26-16-8-7-15-24(25)26/h1-9,11,13,15-16,20,25,27,30H,18H2/t25-,27?,28?/m0/s1. The van der Waals surface area contributed by atoms with Crippen LogP contribution in [0, 0.1) is 17.8 Å². The minimum atomic E-state index is -1.44. The van der Waals surface area contributed by atoms with Gasteiger partial charge in [0, 0.05) is 29.2 Å². The smallest absolute Gasteiger partial charge is 0.166 e. The van der Waals surface area contributed by atoms with Gasteiger partial charge in [-0.05, 0) is 48.4 Å². The van der Waals surface area contributed by atoms with Crippen LogP contribution in [0.5, 0.6) is 0 Å². The molecule has 0 saturated carbocycles. The van der Waals surface area contributed by atoms with Crippen molar-refractivity contribution < 1.29 is 5.11 Å². The first kappa shape index (κ1) is 18.2. The molecular weight excluding hydrogens is 366 g/mol. The van der Waals surface area contributed by atoms with E-state index in [9.17, 15) is 5.11 Å². The van der Waals surface area contributed by atoms with Crippen molar-refractivity contribution in [1.29, 1.82) is 0 Å². The zero-order valence-corrected chi connectivity index (χ0v) is 16.3. The number of para-hydroxylation sites is 1. The van der Waals surface area contributed by atoms with Crippen LogP contribution >= 0.6 is 0 Å². The number of fused-ring (bicyclic) bond motifs is 1. The van der Waals surface area contributed by atoms with E-state index in [1.807, 2.05) is 79.1 Å². The van der Waals surface area contributed by atoms with E-state index < -0.39 is 5.60 Å². The van der Waals surface area contributed by atoms with E-state index in [2.05, 4.69) is 40.1 Å². The summed E-state index contributed by atoms with van der Waals surface area (Å²) in [6, 6.07) is 8.13. The maximum atomic E-state index is 12.2. The molecule has 1 aromatic carbocycles. The second-order valence-corrected chi connectivity index (χ2v) is 7.50. The second-order valence-electron chi connectivity index (χ2n) is 7.50. The molecule has 0 bridgehead atoms. The Morgan fingerprint density at radius 1 is 1.00 bits per heavy atom. The van der Waals surface area contributed by atoms with Crippen LogP contribution < -0.4 is 0 Å². The van der Waals surface area contributed by atoms with E-state index in [4.69, 9.17) is 0 Å². The lowest BCUT2D eigenvalue weighted by atomic mass is 9.67. The Labute approximate surface area is 176 Å². The summed E-state index contributed by atoms with van der Waals surface area (Å²) in [5.41, 5.74) is 12.6. The molecule has 0 radical (unpaired) electrons. The van der Waals surface area contributed by atoms with Gasteiger partial charge < -0.3 is 5.11 Å². The minimum Gasteiger partial charge on any atom is -0.372 e. The quantitative estimate of drug-likeness (QED) is 0.562. The maximum Gasteiger partial charge on any atom is 0.166 e. The number of aliphatic imine (C=N–C) groups is 1. The Morgan fingerprint density at radius 3 is 2.57 bits per heavy atom. The zero-order valence-electron chi connectivity index (χ0n) is 16.3. The van der Waals surface area contributed by atoms with Gasteiger partial charge in [0.1, 0.15) is 0 Å². The van der Waals surface area contributed by atoms with E-state index in [0.29, 0.717) is 12.0 Å². The predicted molar refractivity (Wildman–Crippen MR) is 120 cm³/mol. The van der Waals surface area contributed by atoms with Crippen molar-refractivity contribution >= 4 is 11.9 Å². The van der Waals surface area contributed by atoms with Gasteiger partial charge in [0.25, 0.3) is 0 Å². The Morgan fingerprint density at radius 2 is 1.80 bits per heavy atom. The summed E-state index contributed by atoms with van der Waals surface area (Å²) in [4.78, 5) is 4.57. The number of hydrogen-bond donors (Lipinski definition) is 1. The van der Waals surface area contributed by atoms with Gasteiger partial charge in [-0.2, -0.15) is 0 Å². The van der Waals surface area contributed by atoms with Crippen molar-refractivity contribution in [3.05, 3.63) is 118 Å². The molecule has 0 aromatic heterocycles. The molecule has 2 unspecified atom stereocenters. The SMILES string of the molecule is OC(C#CC1=C=CC=C1)(C1=C=CC=C1)C(C1=C=CC=C1)[C@H]1CC=Nc2ccccc21. The summed E-state index contributed by atoms with van der Waals surface area (Å²) >= 11 is 0. The number of aliphatic hydroxyl groups is 1. The van der Waals surface area contributed by atoms with Crippen LogP contribution in [0.15, 0.2) is 118 Å². The average molecular weight is 385 g/mol. The molecular formula is C28H19NO. The van der Waals surface area contributed by atoms with Crippen LogP contribution in [0.1, 0.15) is 17.9 Å². The minimum absolute atomic E-state index is 0.00333. The van der Waals surface area contributed by atoms with Crippen LogP contribution in [0.2, 0.25) is 0 Å². The molecule has 1 aliphatic heterocycles. The monoisotopic (exact) mass is 385 g/mol. The van der Waals surface area contributed by atoms with E-state index in [0.717, 1.165) is 22.4 Å². The molecule has 3 aliphatic carbocycles. The van der Waals surface area contributed by atoms with Gasteiger partial charge in [-0.25, -0.2) is 0 Å². The lowest BCUT2D eigenvalue weighted by molar-refractivity contribution is 0.0822. The van der Waals surface area contributed by atoms with Gasteiger partial charge in [-0.3, -0.25) is 4.99 Å². The molecule has 142 valence electrons. The average Bonchev–Trinajstić information content (AvgIpc) is 3.56. The summed E-state index contributed by atoms with van der Waals surface area (Å²) in [6.07, 6.45) is 19.7. The highest BCUT2D eigenvalue weighted by Crippen LogP contribution is 2.47. The number of allylic oxidation sites excluding steroid dienone is 6. The van der Waals surface area contributed by atoms with Crippen LogP contribution in [0.4, 0.5) is 5.69 Å². The van der Waals surface area contributed by atoms with Gasteiger partial charge in [0.15, 0.2) is 5.60 Å². The third-order valence-electron chi connectivity index (χ3n) is 5.73. The van der Waals surface area contributed by atoms with Crippen LogP contribution in [-0.4, -0.2) is 16.9 Å². The number of rotatable bonds is 4. The number of benzene rings is 1. The topological polar surface area (TPSA) is 32.6 Å². The number of hydrogen-bond acceptors (Lipinski definition) is 2. The predicted octanol–water partition coefficient (Wildman–Crippen LogP) is 5.18. The van der Waals surface area contributed by atoms with E-state index >= 15 is 0 Å². The molecule has 0 saturated heterocycles. The molecule has 1 aromatic rings. The second kappa shape index (κ2) is 7.55. The molecule has 2 heteroatoms. The van der Waals surface area contributed by atoms with E-state index in [1.54, 1.807) is 0 Å². The fraction of sp³-hybridized carbons (Fsp3) is 0.143. The first-order valence-corrected chi connectivity index (χ1v) is 10.0. The van der Waals surface area contributed by atoms with Crippen molar-refractivity contribution in [3.63, 3.8) is 0 Å². The van der Waals surface area contributed by atoms with Crippen molar-refractivity contribution in [3.8, 4) is 11.8 Å².